The summed E-state index contributed by atoms with van der Waals surface area (Å²) in [4.78, 5) is 26.6. The molecule has 0 aliphatic carbocycles. The van der Waals surface area contributed by atoms with Crippen molar-refractivity contribution < 1.29 is 49.3 Å². The largest absolute Gasteiger partial charge is 0.454 e. The Balaban J connectivity index is 2.68. The molecule has 0 spiro atoms. The average molecular weight is 1150 g/mol. The molecule has 1 heterocycles. The number of unbranched alkanes of at least 4 members (excludes halogenated alkanes) is 22. The lowest BCUT2D eigenvalue weighted by Gasteiger charge is -2.41. The molecule has 0 aromatic rings. The van der Waals surface area contributed by atoms with Gasteiger partial charge in [0.1, 0.15) is 24.4 Å². The zero-order valence-corrected chi connectivity index (χ0v) is 51.8. The molecule has 1 saturated heterocycles. The fraction of sp³-hybridized carbons (Fsp3) is 0.690. The molecule has 11 heteroatoms. The average Bonchev–Trinajstić information content (AvgIpc) is 3.66. The molecule has 1 aliphatic rings. The second kappa shape index (κ2) is 57.5. The number of hydrogen-bond donors (Lipinski definition) is 6. The summed E-state index contributed by atoms with van der Waals surface area (Å²) in [5.74, 6) is -1.24. The second-order valence-corrected chi connectivity index (χ2v) is 22.1. The monoisotopic (exact) mass is 1150 g/mol. The predicted octanol–water partition coefficient (Wildman–Crippen LogP) is 16.2. The molecule has 6 N–H and O–H groups in total. The molecule has 1 aliphatic heterocycles. The first kappa shape index (κ1) is 76.1. The minimum absolute atomic E-state index is 0.0933. The zero-order valence-electron chi connectivity index (χ0n) is 51.8. The molecule has 0 aromatic carbocycles. The Morgan fingerprint density at radius 1 is 0.488 bits per heavy atom. The van der Waals surface area contributed by atoms with E-state index in [9.17, 15) is 35.1 Å². The molecule has 0 saturated carbocycles. The van der Waals surface area contributed by atoms with Gasteiger partial charge in [-0.15, -0.1) is 0 Å². The molecule has 8 unspecified atom stereocenters. The van der Waals surface area contributed by atoms with Crippen molar-refractivity contribution in [3.63, 3.8) is 0 Å². The smallest absolute Gasteiger partial charge is 0.306 e. The third-order valence-electron chi connectivity index (χ3n) is 14.6. The van der Waals surface area contributed by atoms with Gasteiger partial charge in [0.2, 0.25) is 5.91 Å². The van der Waals surface area contributed by atoms with Crippen molar-refractivity contribution in [1.29, 1.82) is 0 Å². The first-order valence-corrected chi connectivity index (χ1v) is 32.8. The Kier molecular flexibility index (Phi) is 53.3. The van der Waals surface area contributed by atoms with Crippen LogP contribution < -0.4 is 5.32 Å². The van der Waals surface area contributed by atoms with Crippen LogP contribution >= 0.6 is 0 Å². The number of rotatable bonds is 54. The van der Waals surface area contributed by atoms with Crippen molar-refractivity contribution in [1.82, 2.24) is 5.32 Å². The lowest BCUT2D eigenvalue weighted by molar-refractivity contribution is -0.305. The highest BCUT2D eigenvalue weighted by Crippen LogP contribution is 2.26. The molecule has 82 heavy (non-hydrogen) atoms. The summed E-state index contributed by atoms with van der Waals surface area (Å²) >= 11 is 0. The SMILES string of the molecule is CC/C=C\C/C=C\C/C=C\C/C=C\C/C=C\CCCCCCC(O)C(=O)NC(COC1OC(CO)C(O)C(O)C1OC(=O)CCCCCCC/C=C\C/C=C\C/C=C\C/C=C\CCCCC)C(O)/C=C/CCCCCCCCCCCC. The van der Waals surface area contributed by atoms with Gasteiger partial charge in [-0.05, 0) is 116 Å². The number of aliphatic hydroxyl groups excluding tert-OH is 5. The normalized spacial score (nSPS) is 19.4. The summed E-state index contributed by atoms with van der Waals surface area (Å²) in [7, 11) is 0. The molecule has 1 rings (SSSR count). The fourth-order valence-electron chi connectivity index (χ4n) is 9.42. The van der Waals surface area contributed by atoms with Gasteiger partial charge in [-0.2, -0.15) is 0 Å². The lowest BCUT2D eigenvalue weighted by Crippen LogP contribution is -2.61. The van der Waals surface area contributed by atoms with Crippen LogP contribution in [0.2, 0.25) is 0 Å². The molecule has 0 bridgehead atoms. The van der Waals surface area contributed by atoms with Gasteiger partial charge in [0.05, 0.1) is 25.4 Å². The van der Waals surface area contributed by atoms with Crippen molar-refractivity contribution in [2.75, 3.05) is 13.2 Å². The number of aliphatic hydroxyl groups is 5. The van der Waals surface area contributed by atoms with Crippen molar-refractivity contribution >= 4 is 11.9 Å². The Morgan fingerprint density at radius 3 is 1.34 bits per heavy atom. The summed E-state index contributed by atoms with van der Waals surface area (Å²) in [5, 5.41) is 57.1. The van der Waals surface area contributed by atoms with Gasteiger partial charge in [0.15, 0.2) is 12.4 Å². The second-order valence-electron chi connectivity index (χ2n) is 22.1. The highest BCUT2D eigenvalue weighted by molar-refractivity contribution is 5.80. The van der Waals surface area contributed by atoms with E-state index in [1.54, 1.807) is 6.08 Å². The number of nitrogens with one attached hydrogen (secondary N) is 1. The van der Waals surface area contributed by atoms with Gasteiger partial charge < -0.3 is 45.1 Å². The van der Waals surface area contributed by atoms with Crippen LogP contribution in [-0.4, -0.2) is 99.6 Å². The van der Waals surface area contributed by atoms with E-state index in [0.717, 1.165) is 135 Å². The van der Waals surface area contributed by atoms with Crippen LogP contribution in [0.1, 0.15) is 252 Å². The van der Waals surface area contributed by atoms with Gasteiger partial charge in [-0.3, -0.25) is 9.59 Å². The van der Waals surface area contributed by atoms with Gasteiger partial charge in [0.25, 0.3) is 0 Å². The van der Waals surface area contributed by atoms with Crippen LogP contribution in [0, 0.1) is 0 Å². The molecular formula is C71H119NO10. The maximum absolute atomic E-state index is 13.4. The lowest BCUT2D eigenvalue weighted by atomic mass is 9.99. The molecule has 0 aromatic heterocycles. The van der Waals surface area contributed by atoms with Crippen LogP contribution in [-0.2, 0) is 23.8 Å². The Morgan fingerprint density at radius 2 is 0.878 bits per heavy atom. The number of amides is 1. The molecule has 11 nitrogen and oxygen atoms in total. The summed E-state index contributed by atoms with van der Waals surface area (Å²) in [6.45, 7) is 5.62. The van der Waals surface area contributed by atoms with Gasteiger partial charge in [-0.25, -0.2) is 0 Å². The molecule has 1 fully saturated rings. The number of hydrogen-bond acceptors (Lipinski definition) is 10. The van der Waals surface area contributed by atoms with Gasteiger partial charge in [0, 0.05) is 6.42 Å². The Labute approximate surface area is 500 Å². The van der Waals surface area contributed by atoms with E-state index in [2.05, 4.69) is 135 Å². The highest BCUT2D eigenvalue weighted by Gasteiger charge is 2.47. The van der Waals surface area contributed by atoms with Crippen molar-refractivity contribution in [3.05, 3.63) is 122 Å². The summed E-state index contributed by atoms with van der Waals surface area (Å²) < 4.78 is 17.6. The third-order valence-corrected chi connectivity index (χ3v) is 14.6. The maximum Gasteiger partial charge on any atom is 0.306 e. The van der Waals surface area contributed by atoms with Crippen molar-refractivity contribution in [2.45, 2.75) is 301 Å². The van der Waals surface area contributed by atoms with Crippen LogP contribution in [0.15, 0.2) is 122 Å². The Hall–Kier alpha value is -3.94. The van der Waals surface area contributed by atoms with Crippen LogP contribution in [0.3, 0.4) is 0 Å². The van der Waals surface area contributed by atoms with Crippen LogP contribution in [0.25, 0.3) is 0 Å². The van der Waals surface area contributed by atoms with E-state index in [-0.39, 0.29) is 19.4 Å². The Bertz CT molecular complexity index is 1800. The topological polar surface area (TPSA) is 175 Å². The van der Waals surface area contributed by atoms with Gasteiger partial charge >= 0.3 is 5.97 Å². The number of carbonyl (C=O) groups excluding carboxylic acids is 2. The van der Waals surface area contributed by atoms with Crippen LogP contribution in [0.5, 0.6) is 0 Å². The number of allylic oxidation sites excluding steroid dienone is 19. The van der Waals surface area contributed by atoms with E-state index in [1.807, 2.05) is 6.08 Å². The number of carbonyl (C=O) groups is 2. The van der Waals surface area contributed by atoms with Crippen molar-refractivity contribution in [2.24, 2.45) is 0 Å². The number of esters is 1. The van der Waals surface area contributed by atoms with Gasteiger partial charge in [-0.1, -0.05) is 251 Å². The van der Waals surface area contributed by atoms with E-state index < -0.39 is 67.4 Å². The predicted molar refractivity (Wildman–Crippen MR) is 342 cm³/mol. The first-order chi connectivity index (χ1) is 40.2. The summed E-state index contributed by atoms with van der Waals surface area (Å²) in [6.07, 6.45) is 69.4. The standard InChI is InChI=1S/C71H119NO10/c1-4-7-10-13-16-19-22-25-27-29-31-33-35-37-39-41-44-47-50-53-56-59-66(76)82-69-68(78)67(77)65(60-73)81-71(69)80-61-62(63(74)57-54-51-48-45-42-24-21-18-15-12-9-6-3)72-70(79)64(75)58-55-52-49-46-43-40-38-36-34-32-30-28-26-23-20-17-14-11-8-5-2/h8,11,16-17,19-20,25-28,31-34,37-40,54,57,62-65,67-69,71,73-75,77-78H,4-7,9-10,12-15,18,21-24,29-30,35-36,41-53,55-56,58-61H2,1-3H3,(H,72,79)/b11-8-,19-16-,20-17-,27-25-,28-26-,33-31-,34-32-,39-37-,40-38-,57-54+. The van der Waals surface area contributed by atoms with E-state index >= 15 is 0 Å². The molecule has 468 valence electrons. The summed E-state index contributed by atoms with van der Waals surface area (Å²) in [6, 6.07) is -1.05. The quantitative estimate of drug-likeness (QED) is 0.0195. The highest BCUT2D eigenvalue weighted by atomic mass is 16.7. The van der Waals surface area contributed by atoms with Crippen molar-refractivity contribution in [3.8, 4) is 0 Å². The molecular weight excluding hydrogens is 1030 g/mol. The summed E-state index contributed by atoms with van der Waals surface area (Å²) in [5.41, 5.74) is 0. The molecule has 0 radical (unpaired) electrons. The van der Waals surface area contributed by atoms with E-state index in [0.29, 0.717) is 12.8 Å². The van der Waals surface area contributed by atoms with Crippen LogP contribution in [0.4, 0.5) is 0 Å². The minimum atomic E-state index is -1.63. The third kappa shape index (κ3) is 44.6. The fourth-order valence-corrected chi connectivity index (χ4v) is 9.42. The maximum atomic E-state index is 13.4. The van der Waals surface area contributed by atoms with E-state index in [4.69, 9.17) is 14.2 Å². The number of ether oxygens (including phenoxy) is 3. The first-order valence-electron chi connectivity index (χ1n) is 32.8. The molecule has 1 amide bonds. The zero-order chi connectivity index (χ0) is 59.6. The minimum Gasteiger partial charge on any atom is -0.454 e. The molecule has 8 atom stereocenters. The van der Waals surface area contributed by atoms with E-state index in [1.165, 1.54) is 70.6 Å².